The summed E-state index contributed by atoms with van der Waals surface area (Å²) in [5, 5.41) is 0. The van der Waals surface area contributed by atoms with Crippen molar-refractivity contribution in [2.45, 2.75) is 25.8 Å². The first-order valence-corrected chi connectivity index (χ1v) is 7.11. The van der Waals surface area contributed by atoms with E-state index in [0.717, 1.165) is 35.7 Å². The Hall–Kier alpha value is -2.01. The van der Waals surface area contributed by atoms with Crippen molar-refractivity contribution in [2.24, 2.45) is 12.8 Å². The second-order valence-corrected chi connectivity index (χ2v) is 5.22. The Kier molecular flexibility index (Phi) is 5.22. The average molecular weight is 289 g/mol. The third-order valence-corrected chi connectivity index (χ3v) is 3.29. The number of hydrogen-bond donors (Lipinski definition) is 1. The number of hydrogen-bond acceptors (Lipinski definition) is 4. The third kappa shape index (κ3) is 4.23. The van der Waals surface area contributed by atoms with E-state index in [2.05, 4.69) is 4.98 Å². The van der Waals surface area contributed by atoms with Crippen LogP contribution in [0.15, 0.2) is 30.6 Å². The Bertz CT molecular complexity index is 579. The van der Waals surface area contributed by atoms with Crippen LogP contribution in [0.2, 0.25) is 0 Å². The first-order valence-electron chi connectivity index (χ1n) is 7.11. The monoisotopic (exact) mass is 289 g/mol. The Morgan fingerprint density at radius 1 is 1.33 bits per heavy atom. The highest BCUT2D eigenvalue weighted by Gasteiger charge is 2.08. The van der Waals surface area contributed by atoms with Gasteiger partial charge in [-0.25, -0.2) is 4.98 Å². The molecular weight excluding hydrogens is 266 g/mol. The van der Waals surface area contributed by atoms with E-state index in [9.17, 15) is 0 Å². The van der Waals surface area contributed by atoms with E-state index < -0.39 is 0 Å². The molecule has 1 atom stereocenters. The summed E-state index contributed by atoms with van der Waals surface area (Å²) < 4.78 is 13.2. The second kappa shape index (κ2) is 7.13. The SMILES string of the molecule is COc1cc(CC(C)N)ccc1OCCc1nccn1C. The Balaban J connectivity index is 1.97. The molecule has 0 saturated heterocycles. The predicted molar refractivity (Wildman–Crippen MR) is 82.8 cm³/mol. The maximum absolute atomic E-state index is 5.82. The fourth-order valence-corrected chi connectivity index (χ4v) is 2.22. The van der Waals surface area contributed by atoms with E-state index in [1.165, 1.54) is 0 Å². The molecule has 2 aromatic rings. The van der Waals surface area contributed by atoms with Crippen molar-refractivity contribution in [3.8, 4) is 11.5 Å². The Morgan fingerprint density at radius 2 is 2.14 bits per heavy atom. The highest BCUT2D eigenvalue weighted by atomic mass is 16.5. The lowest BCUT2D eigenvalue weighted by molar-refractivity contribution is 0.294. The van der Waals surface area contributed by atoms with Gasteiger partial charge in [-0.1, -0.05) is 6.07 Å². The number of aromatic nitrogens is 2. The highest BCUT2D eigenvalue weighted by Crippen LogP contribution is 2.28. The van der Waals surface area contributed by atoms with Gasteiger partial charge >= 0.3 is 0 Å². The maximum Gasteiger partial charge on any atom is 0.161 e. The van der Waals surface area contributed by atoms with Gasteiger partial charge in [0.25, 0.3) is 0 Å². The van der Waals surface area contributed by atoms with Gasteiger partial charge in [-0.3, -0.25) is 0 Å². The van der Waals surface area contributed by atoms with Gasteiger partial charge in [0, 0.05) is 31.9 Å². The van der Waals surface area contributed by atoms with Crippen LogP contribution in [-0.4, -0.2) is 29.3 Å². The number of ether oxygens (including phenoxy) is 2. The number of methoxy groups -OCH3 is 1. The van der Waals surface area contributed by atoms with Crippen LogP contribution >= 0.6 is 0 Å². The van der Waals surface area contributed by atoms with E-state index in [0.29, 0.717) is 6.61 Å². The molecule has 114 valence electrons. The Morgan fingerprint density at radius 3 is 2.76 bits per heavy atom. The number of imidazole rings is 1. The van der Waals surface area contributed by atoms with E-state index in [1.807, 2.05) is 42.9 Å². The fraction of sp³-hybridized carbons (Fsp3) is 0.438. The Labute approximate surface area is 125 Å². The highest BCUT2D eigenvalue weighted by molar-refractivity contribution is 5.43. The number of nitrogens with two attached hydrogens (primary N) is 1. The maximum atomic E-state index is 5.82. The molecule has 0 radical (unpaired) electrons. The first kappa shape index (κ1) is 15.4. The molecular formula is C16H23N3O2. The molecule has 21 heavy (non-hydrogen) atoms. The predicted octanol–water partition coefficient (Wildman–Crippen LogP) is 1.94. The molecule has 0 bridgehead atoms. The molecule has 0 aliphatic carbocycles. The van der Waals surface area contributed by atoms with Crippen molar-refractivity contribution in [3.05, 3.63) is 42.0 Å². The van der Waals surface area contributed by atoms with E-state index in [-0.39, 0.29) is 6.04 Å². The normalized spacial score (nSPS) is 12.2. The molecule has 0 saturated carbocycles. The topological polar surface area (TPSA) is 62.3 Å². The molecule has 5 heteroatoms. The molecule has 2 rings (SSSR count). The molecule has 1 aromatic heterocycles. The van der Waals surface area contributed by atoms with Gasteiger partial charge in [0.05, 0.1) is 13.7 Å². The zero-order valence-electron chi connectivity index (χ0n) is 12.9. The molecule has 0 amide bonds. The lowest BCUT2D eigenvalue weighted by atomic mass is 10.1. The molecule has 0 aliphatic rings. The summed E-state index contributed by atoms with van der Waals surface area (Å²) in [7, 11) is 3.63. The minimum absolute atomic E-state index is 0.130. The summed E-state index contributed by atoms with van der Waals surface area (Å²) in [6.45, 7) is 2.55. The summed E-state index contributed by atoms with van der Waals surface area (Å²) in [4.78, 5) is 4.27. The van der Waals surface area contributed by atoms with Crippen molar-refractivity contribution in [1.29, 1.82) is 0 Å². The van der Waals surface area contributed by atoms with Gasteiger partial charge in [0.1, 0.15) is 5.82 Å². The van der Waals surface area contributed by atoms with Gasteiger partial charge in [0.15, 0.2) is 11.5 Å². The van der Waals surface area contributed by atoms with Crippen molar-refractivity contribution < 1.29 is 9.47 Å². The van der Waals surface area contributed by atoms with Crippen LogP contribution in [-0.2, 0) is 19.9 Å². The number of aryl methyl sites for hydroxylation is 1. The van der Waals surface area contributed by atoms with Gasteiger partial charge in [-0.2, -0.15) is 0 Å². The van der Waals surface area contributed by atoms with Crippen LogP contribution in [0.1, 0.15) is 18.3 Å². The lowest BCUT2D eigenvalue weighted by Crippen LogP contribution is -2.17. The quantitative estimate of drug-likeness (QED) is 0.846. The first-order chi connectivity index (χ1) is 10.1. The van der Waals surface area contributed by atoms with Gasteiger partial charge in [-0.05, 0) is 31.0 Å². The standard InChI is InChI=1S/C16H23N3O2/c1-12(17)10-13-4-5-14(15(11-13)20-3)21-9-6-16-18-7-8-19(16)2/h4-5,7-8,11-12H,6,9-10,17H2,1-3H3. The molecule has 1 unspecified atom stereocenters. The summed E-state index contributed by atoms with van der Waals surface area (Å²) in [5.41, 5.74) is 6.97. The van der Waals surface area contributed by atoms with Gasteiger partial charge in [0.2, 0.25) is 0 Å². The van der Waals surface area contributed by atoms with Crippen LogP contribution < -0.4 is 15.2 Å². The largest absolute Gasteiger partial charge is 0.493 e. The van der Waals surface area contributed by atoms with Crippen LogP contribution in [0.4, 0.5) is 0 Å². The minimum Gasteiger partial charge on any atom is -0.493 e. The van der Waals surface area contributed by atoms with Crippen LogP contribution in [0.5, 0.6) is 11.5 Å². The molecule has 1 heterocycles. The summed E-state index contributed by atoms with van der Waals surface area (Å²) >= 11 is 0. The number of rotatable bonds is 7. The van der Waals surface area contributed by atoms with Crippen molar-refractivity contribution in [1.82, 2.24) is 9.55 Å². The molecule has 0 spiro atoms. The van der Waals surface area contributed by atoms with Crippen LogP contribution in [0.25, 0.3) is 0 Å². The van der Waals surface area contributed by atoms with Gasteiger partial charge in [-0.15, -0.1) is 0 Å². The van der Waals surface area contributed by atoms with Crippen molar-refractivity contribution >= 4 is 0 Å². The number of nitrogens with zero attached hydrogens (tertiary/aromatic N) is 2. The summed E-state index contributed by atoms with van der Waals surface area (Å²) in [6.07, 6.45) is 5.30. The zero-order chi connectivity index (χ0) is 15.2. The molecule has 2 N–H and O–H groups in total. The van der Waals surface area contributed by atoms with Gasteiger partial charge < -0.3 is 19.8 Å². The average Bonchev–Trinajstić information content (AvgIpc) is 2.85. The van der Waals surface area contributed by atoms with Crippen molar-refractivity contribution in [2.75, 3.05) is 13.7 Å². The smallest absolute Gasteiger partial charge is 0.161 e. The molecule has 1 aromatic carbocycles. The zero-order valence-corrected chi connectivity index (χ0v) is 12.9. The second-order valence-electron chi connectivity index (χ2n) is 5.22. The summed E-state index contributed by atoms with van der Waals surface area (Å²) in [5.74, 6) is 2.50. The molecule has 0 aliphatic heterocycles. The summed E-state index contributed by atoms with van der Waals surface area (Å²) in [6, 6.07) is 6.08. The lowest BCUT2D eigenvalue weighted by Gasteiger charge is -2.13. The third-order valence-electron chi connectivity index (χ3n) is 3.29. The molecule has 0 fully saturated rings. The minimum atomic E-state index is 0.130. The fourth-order valence-electron chi connectivity index (χ4n) is 2.22. The van der Waals surface area contributed by atoms with Crippen LogP contribution in [0, 0.1) is 0 Å². The molecule has 5 nitrogen and oxygen atoms in total. The number of benzene rings is 1. The van der Waals surface area contributed by atoms with Crippen molar-refractivity contribution in [3.63, 3.8) is 0 Å². The van der Waals surface area contributed by atoms with E-state index >= 15 is 0 Å². The van der Waals surface area contributed by atoms with E-state index in [4.69, 9.17) is 15.2 Å². The van der Waals surface area contributed by atoms with Crippen LogP contribution in [0.3, 0.4) is 0 Å². The van der Waals surface area contributed by atoms with E-state index in [1.54, 1.807) is 13.3 Å².